The largest absolute Gasteiger partial charge is 0.368 e. The fraction of sp³-hybridized carbons (Fsp3) is 0.818. The van der Waals surface area contributed by atoms with Crippen LogP contribution in [0.2, 0.25) is 0 Å². The number of hydrogen-bond donors (Lipinski definition) is 2. The number of nitrogens with zero attached hydrogens (tertiary/aromatic N) is 1. The first-order valence-corrected chi connectivity index (χ1v) is 8.17. The topological polar surface area (TPSA) is 110 Å². The maximum absolute atomic E-state index is 12.2. The highest BCUT2D eigenvalue weighted by atomic mass is 32.2. The van der Waals surface area contributed by atoms with Crippen molar-refractivity contribution in [2.75, 3.05) is 25.9 Å². The molecule has 110 valence electrons. The van der Waals surface area contributed by atoms with Gasteiger partial charge in [-0.05, 0) is 26.3 Å². The van der Waals surface area contributed by atoms with Crippen LogP contribution in [0.4, 0.5) is 0 Å². The number of carbonyl (C=O) groups is 2. The molecule has 0 radical (unpaired) electrons. The number of nitrogens with two attached hydrogens (primary N) is 1. The van der Waals surface area contributed by atoms with E-state index in [2.05, 4.69) is 5.32 Å². The highest BCUT2D eigenvalue weighted by Crippen LogP contribution is 2.14. The van der Waals surface area contributed by atoms with Crippen molar-refractivity contribution in [1.82, 2.24) is 10.2 Å². The van der Waals surface area contributed by atoms with E-state index in [4.69, 9.17) is 5.73 Å². The normalized spacial score (nSPS) is 21.7. The van der Waals surface area contributed by atoms with Crippen molar-refractivity contribution in [2.24, 2.45) is 5.73 Å². The van der Waals surface area contributed by atoms with Gasteiger partial charge in [-0.15, -0.1) is 0 Å². The fourth-order valence-electron chi connectivity index (χ4n) is 2.07. The van der Waals surface area contributed by atoms with Crippen LogP contribution in [0.15, 0.2) is 0 Å². The van der Waals surface area contributed by atoms with Gasteiger partial charge in [0.05, 0.1) is 6.54 Å². The standard InChI is InChI=1S/C11H21N3O4S/c1-8(19(2,17)18)11(16)14(7-10(12)15)9-4-3-5-13-6-9/h8-9,13H,3-7H2,1-2H3,(H2,12,15). The lowest BCUT2D eigenvalue weighted by Gasteiger charge is -2.35. The first kappa shape index (κ1) is 15.9. The number of carbonyl (C=O) groups excluding carboxylic acids is 2. The van der Waals surface area contributed by atoms with Crippen LogP contribution in [0.25, 0.3) is 0 Å². The minimum absolute atomic E-state index is 0.182. The van der Waals surface area contributed by atoms with Crippen molar-refractivity contribution in [3.05, 3.63) is 0 Å². The molecule has 0 saturated carbocycles. The van der Waals surface area contributed by atoms with E-state index in [-0.39, 0.29) is 12.6 Å². The van der Waals surface area contributed by atoms with Gasteiger partial charge >= 0.3 is 0 Å². The molecule has 1 fully saturated rings. The summed E-state index contributed by atoms with van der Waals surface area (Å²) in [4.78, 5) is 24.6. The average Bonchev–Trinajstić information content (AvgIpc) is 2.34. The molecule has 1 saturated heterocycles. The Labute approximate surface area is 113 Å². The lowest BCUT2D eigenvalue weighted by atomic mass is 10.1. The van der Waals surface area contributed by atoms with Gasteiger partial charge in [0.15, 0.2) is 9.84 Å². The van der Waals surface area contributed by atoms with Crippen molar-refractivity contribution in [3.63, 3.8) is 0 Å². The zero-order valence-corrected chi connectivity index (χ0v) is 12.1. The number of sulfone groups is 1. The van der Waals surface area contributed by atoms with Gasteiger partial charge in [0, 0.05) is 18.8 Å². The molecule has 0 spiro atoms. The van der Waals surface area contributed by atoms with E-state index < -0.39 is 26.9 Å². The molecule has 19 heavy (non-hydrogen) atoms. The van der Waals surface area contributed by atoms with Crippen molar-refractivity contribution < 1.29 is 18.0 Å². The highest BCUT2D eigenvalue weighted by Gasteiger charge is 2.33. The van der Waals surface area contributed by atoms with Crippen molar-refractivity contribution in [1.29, 1.82) is 0 Å². The number of hydrogen-bond acceptors (Lipinski definition) is 5. The number of nitrogens with one attached hydrogen (secondary N) is 1. The minimum Gasteiger partial charge on any atom is -0.368 e. The smallest absolute Gasteiger partial charge is 0.241 e. The van der Waals surface area contributed by atoms with Gasteiger partial charge in [-0.2, -0.15) is 0 Å². The van der Waals surface area contributed by atoms with Gasteiger partial charge in [0.25, 0.3) is 0 Å². The Morgan fingerprint density at radius 2 is 2.11 bits per heavy atom. The van der Waals surface area contributed by atoms with E-state index in [9.17, 15) is 18.0 Å². The maximum atomic E-state index is 12.2. The summed E-state index contributed by atoms with van der Waals surface area (Å²) in [7, 11) is -3.49. The SMILES string of the molecule is CC(C(=O)N(CC(N)=O)C1CCCNC1)S(C)(=O)=O. The predicted octanol–water partition coefficient (Wildman–Crippen LogP) is -1.51. The van der Waals surface area contributed by atoms with E-state index in [0.29, 0.717) is 6.54 Å². The molecule has 8 heteroatoms. The number of rotatable bonds is 5. The predicted molar refractivity (Wildman–Crippen MR) is 71.1 cm³/mol. The molecule has 0 aromatic carbocycles. The Morgan fingerprint density at radius 1 is 1.47 bits per heavy atom. The van der Waals surface area contributed by atoms with Gasteiger partial charge in [-0.1, -0.05) is 0 Å². The minimum atomic E-state index is -3.49. The fourth-order valence-corrected chi connectivity index (χ4v) is 2.57. The Kier molecular flexibility index (Phi) is 5.30. The van der Waals surface area contributed by atoms with Crippen LogP contribution in [0.3, 0.4) is 0 Å². The van der Waals surface area contributed by atoms with E-state index in [0.717, 1.165) is 25.6 Å². The molecule has 1 rings (SSSR count). The second-order valence-electron chi connectivity index (χ2n) is 4.90. The Bertz CT molecular complexity index is 443. The monoisotopic (exact) mass is 291 g/mol. The van der Waals surface area contributed by atoms with Crippen LogP contribution in [0.5, 0.6) is 0 Å². The number of piperidine rings is 1. The van der Waals surface area contributed by atoms with Crippen LogP contribution in [0, 0.1) is 0 Å². The molecule has 2 atom stereocenters. The van der Waals surface area contributed by atoms with E-state index in [1.165, 1.54) is 11.8 Å². The third kappa shape index (κ3) is 4.46. The average molecular weight is 291 g/mol. The maximum Gasteiger partial charge on any atom is 0.241 e. The second-order valence-corrected chi connectivity index (χ2v) is 7.27. The van der Waals surface area contributed by atoms with Gasteiger partial charge in [0.1, 0.15) is 5.25 Å². The first-order valence-electron chi connectivity index (χ1n) is 6.22. The van der Waals surface area contributed by atoms with Gasteiger partial charge in [-0.25, -0.2) is 8.42 Å². The molecule has 1 aliphatic heterocycles. The second kappa shape index (κ2) is 6.33. The molecular formula is C11H21N3O4S. The molecule has 0 bridgehead atoms. The van der Waals surface area contributed by atoms with E-state index in [1.54, 1.807) is 0 Å². The Hall–Kier alpha value is -1.15. The van der Waals surface area contributed by atoms with Crippen LogP contribution < -0.4 is 11.1 Å². The summed E-state index contributed by atoms with van der Waals surface area (Å²) in [5.74, 6) is -1.20. The van der Waals surface area contributed by atoms with Crippen LogP contribution in [0.1, 0.15) is 19.8 Å². The van der Waals surface area contributed by atoms with Crippen LogP contribution in [-0.2, 0) is 19.4 Å². The Balaban J connectivity index is 2.89. The lowest BCUT2D eigenvalue weighted by molar-refractivity contribution is -0.137. The zero-order chi connectivity index (χ0) is 14.6. The summed E-state index contributed by atoms with van der Waals surface area (Å²) < 4.78 is 22.9. The van der Waals surface area contributed by atoms with Crippen LogP contribution in [-0.4, -0.2) is 62.3 Å². The molecule has 0 aliphatic carbocycles. The summed E-state index contributed by atoms with van der Waals surface area (Å²) in [6, 6.07) is -0.182. The summed E-state index contributed by atoms with van der Waals surface area (Å²) >= 11 is 0. The molecule has 0 aromatic rings. The summed E-state index contributed by atoms with van der Waals surface area (Å²) in [6.45, 7) is 2.50. The summed E-state index contributed by atoms with van der Waals surface area (Å²) in [6.07, 6.45) is 2.63. The molecule has 7 nitrogen and oxygen atoms in total. The molecule has 3 N–H and O–H groups in total. The third-order valence-corrected chi connectivity index (χ3v) is 4.80. The van der Waals surface area contributed by atoms with Crippen LogP contribution >= 0.6 is 0 Å². The van der Waals surface area contributed by atoms with Crippen molar-refractivity contribution in [3.8, 4) is 0 Å². The highest BCUT2D eigenvalue weighted by molar-refractivity contribution is 7.92. The molecule has 1 aliphatic rings. The quantitative estimate of drug-likeness (QED) is 0.639. The molecular weight excluding hydrogens is 270 g/mol. The first-order chi connectivity index (χ1) is 8.73. The molecule has 2 unspecified atom stereocenters. The summed E-state index contributed by atoms with van der Waals surface area (Å²) in [5.41, 5.74) is 5.14. The third-order valence-electron chi connectivity index (χ3n) is 3.31. The number of amides is 2. The van der Waals surface area contributed by atoms with Crippen molar-refractivity contribution >= 4 is 21.7 Å². The lowest BCUT2D eigenvalue weighted by Crippen LogP contribution is -2.54. The zero-order valence-electron chi connectivity index (χ0n) is 11.3. The van der Waals surface area contributed by atoms with Gasteiger partial charge < -0.3 is 16.0 Å². The molecule has 1 heterocycles. The molecule has 2 amide bonds. The molecule has 0 aromatic heterocycles. The van der Waals surface area contributed by atoms with E-state index in [1.807, 2.05) is 0 Å². The summed E-state index contributed by atoms with van der Waals surface area (Å²) in [5, 5.41) is 1.97. The Morgan fingerprint density at radius 3 is 2.53 bits per heavy atom. The number of primary amides is 1. The van der Waals surface area contributed by atoms with Gasteiger partial charge in [0.2, 0.25) is 11.8 Å². The van der Waals surface area contributed by atoms with Gasteiger partial charge in [-0.3, -0.25) is 9.59 Å². The van der Waals surface area contributed by atoms with E-state index >= 15 is 0 Å². The van der Waals surface area contributed by atoms with Crippen molar-refractivity contribution in [2.45, 2.75) is 31.1 Å².